The summed E-state index contributed by atoms with van der Waals surface area (Å²) in [7, 11) is 0. The van der Waals surface area contributed by atoms with Gasteiger partial charge in [0.2, 0.25) is 0 Å². The maximum atomic E-state index is 5.97. The van der Waals surface area contributed by atoms with Crippen LogP contribution in [-0.4, -0.2) is 48.0 Å². The Labute approximate surface area is 205 Å². The highest BCUT2D eigenvalue weighted by Gasteiger charge is 2.26. The highest BCUT2D eigenvalue weighted by atomic mass is 32.1. The highest BCUT2D eigenvalue weighted by molar-refractivity contribution is 7.15. The first-order chi connectivity index (χ1) is 16.8. The minimum Gasteiger partial charge on any atom is -0.485 e. The van der Waals surface area contributed by atoms with E-state index in [1.54, 1.807) is 22.7 Å². The number of unbranched alkanes of at least 4 members (excludes halogenated alkanes) is 3. The lowest BCUT2D eigenvalue weighted by atomic mass is 10.0. The molecule has 2 N–H and O–H groups in total. The van der Waals surface area contributed by atoms with E-state index in [9.17, 15) is 0 Å². The molecule has 0 saturated carbocycles. The number of nitrogens with two attached hydrogens (primary N) is 1. The number of fused-ring (bicyclic) bond motifs is 3. The van der Waals surface area contributed by atoms with Crippen LogP contribution in [0.4, 0.5) is 0 Å². The topological polar surface area (TPSA) is 93.7 Å². The summed E-state index contributed by atoms with van der Waals surface area (Å²) in [5.41, 5.74) is 9.36. The lowest BCUT2D eigenvalue weighted by molar-refractivity contribution is 0.174. The molecule has 0 aliphatic carbocycles. The van der Waals surface area contributed by atoms with E-state index in [1.807, 2.05) is 15.6 Å². The lowest BCUT2D eigenvalue weighted by Crippen LogP contribution is -2.14. The van der Waals surface area contributed by atoms with Crippen molar-refractivity contribution in [2.75, 3.05) is 33.0 Å². The van der Waals surface area contributed by atoms with Crippen molar-refractivity contribution in [3.05, 3.63) is 22.9 Å². The second kappa shape index (κ2) is 9.44. The van der Waals surface area contributed by atoms with Crippen molar-refractivity contribution in [2.45, 2.75) is 32.2 Å². The second-order valence-electron chi connectivity index (χ2n) is 8.27. The minimum absolute atomic E-state index is 0.548. The molecule has 178 valence electrons. The van der Waals surface area contributed by atoms with E-state index in [0.717, 1.165) is 93.7 Å². The fourth-order valence-corrected chi connectivity index (χ4v) is 6.27. The predicted molar refractivity (Wildman–Crippen MR) is 134 cm³/mol. The van der Waals surface area contributed by atoms with Crippen molar-refractivity contribution in [3.8, 4) is 43.9 Å². The van der Waals surface area contributed by atoms with Crippen molar-refractivity contribution in [1.82, 2.24) is 15.0 Å². The molecule has 0 amide bonds. The molecule has 1 aromatic carbocycles. The van der Waals surface area contributed by atoms with Crippen LogP contribution in [0, 0.1) is 0 Å². The van der Waals surface area contributed by atoms with Crippen molar-refractivity contribution >= 4 is 33.7 Å². The lowest BCUT2D eigenvalue weighted by Gasteiger charge is -2.17. The van der Waals surface area contributed by atoms with E-state index in [-0.39, 0.29) is 0 Å². The van der Waals surface area contributed by atoms with Crippen LogP contribution in [0.1, 0.15) is 25.7 Å². The van der Waals surface area contributed by atoms with Gasteiger partial charge in [-0.3, -0.25) is 0 Å². The van der Waals surface area contributed by atoms with Gasteiger partial charge in [-0.25, -0.2) is 0 Å². The summed E-state index contributed by atoms with van der Waals surface area (Å²) >= 11 is 3.23. The van der Waals surface area contributed by atoms with Gasteiger partial charge in [0.25, 0.3) is 0 Å². The largest absolute Gasteiger partial charge is 0.485 e. The number of thiophene rings is 2. The third-order valence-corrected chi connectivity index (χ3v) is 7.93. The van der Waals surface area contributed by atoms with Gasteiger partial charge in [-0.1, -0.05) is 25.0 Å². The Hall–Kier alpha value is -2.82. The standard InChI is InChI=1S/C24H26N4O4S2/c25-7-3-1-2-4-8-28-26-19-15(23-21-17(13-33-23)29-9-11-31-21)5-6-16(20(19)27-28)24-22-18(14-34-24)30-10-12-32-22/h5-6,13-14H,1-4,7-12,25H2. The fraction of sp³-hybridized carbons (Fsp3) is 0.417. The zero-order valence-corrected chi connectivity index (χ0v) is 20.4. The Balaban J connectivity index is 1.43. The first-order valence-electron chi connectivity index (χ1n) is 11.7. The van der Waals surface area contributed by atoms with Crippen LogP contribution in [0.3, 0.4) is 0 Å². The van der Waals surface area contributed by atoms with Crippen molar-refractivity contribution in [3.63, 3.8) is 0 Å². The monoisotopic (exact) mass is 498 g/mol. The molecule has 2 aliphatic heterocycles. The SMILES string of the molecule is NCCCCCCn1nc2c(-c3scc4c3OCCO4)ccc(-c3scc4c3OCCO4)c2n1. The summed E-state index contributed by atoms with van der Waals surface area (Å²) in [5.74, 6) is 3.20. The van der Waals surface area contributed by atoms with Gasteiger partial charge in [0, 0.05) is 21.9 Å². The van der Waals surface area contributed by atoms with Gasteiger partial charge in [-0.2, -0.15) is 15.0 Å². The van der Waals surface area contributed by atoms with Gasteiger partial charge in [-0.05, 0) is 19.4 Å². The molecule has 4 aromatic rings. The van der Waals surface area contributed by atoms with E-state index in [1.165, 1.54) is 0 Å². The van der Waals surface area contributed by atoms with Crippen LogP contribution in [0.5, 0.6) is 23.0 Å². The van der Waals surface area contributed by atoms with Gasteiger partial charge < -0.3 is 24.7 Å². The predicted octanol–water partition coefficient (Wildman–Crippen LogP) is 4.95. The zero-order valence-electron chi connectivity index (χ0n) is 18.7. The van der Waals surface area contributed by atoms with E-state index in [0.29, 0.717) is 26.4 Å². The van der Waals surface area contributed by atoms with Gasteiger partial charge in [0.05, 0.1) is 16.3 Å². The van der Waals surface area contributed by atoms with Crippen LogP contribution in [-0.2, 0) is 6.54 Å². The molecule has 0 saturated heterocycles. The molecular formula is C24H26N4O4S2. The number of nitrogens with zero attached hydrogens (tertiary/aromatic N) is 3. The first kappa shape index (κ1) is 21.7. The Morgan fingerprint density at radius 3 is 1.82 bits per heavy atom. The molecule has 0 fully saturated rings. The normalized spacial score (nSPS) is 14.6. The third-order valence-electron chi connectivity index (χ3n) is 5.99. The Bertz CT molecular complexity index is 1220. The summed E-state index contributed by atoms with van der Waals surface area (Å²) in [6, 6.07) is 4.22. The Morgan fingerprint density at radius 2 is 1.26 bits per heavy atom. The van der Waals surface area contributed by atoms with Crippen molar-refractivity contribution in [2.24, 2.45) is 5.73 Å². The summed E-state index contributed by atoms with van der Waals surface area (Å²) in [6.45, 7) is 3.75. The van der Waals surface area contributed by atoms with E-state index >= 15 is 0 Å². The molecule has 34 heavy (non-hydrogen) atoms. The number of hydrogen-bond donors (Lipinski definition) is 1. The number of hydrogen-bond acceptors (Lipinski definition) is 9. The molecule has 0 spiro atoms. The molecule has 2 aliphatic rings. The highest BCUT2D eigenvalue weighted by Crippen LogP contribution is 2.50. The number of aromatic nitrogens is 3. The molecule has 10 heteroatoms. The Morgan fingerprint density at radius 1 is 0.735 bits per heavy atom. The first-order valence-corrected chi connectivity index (χ1v) is 13.4. The average Bonchev–Trinajstić information content (AvgIpc) is 3.60. The van der Waals surface area contributed by atoms with Crippen molar-refractivity contribution in [1.29, 1.82) is 0 Å². The zero-order chi connectivity index (χ0) is 22.9. The second-order valence-corrected chi connectivity index (χ2v) is 10.0. The minimum atomic E-state index is 0.548. The van der Waals surface area contributed by atoms with Gasteiger partial charge in [0.15, 0.2) is 23.0 Å². The molecule has 0 unspecified atom stereocenters. The molecule has 0 bridgehead atoms. The Kier molecular flexibility index (Phi) is 6.02. The van der Waals surface area contributed by atoms with E-state index in [4.69, 9.17) is 34.9 Å². The van der Waals surface area contributed by atoms with Crippen LogP contribution < -0.4 is 24.7 Å². The van der Waals surface area contributed by atoms with Crippen LogP contribution in [0.25, 0.3) is 31.9 Å². The van der Waals surface area contributed by atoms with Crippen LogP contribution >= 0.6 is 22.7 Å². The molecule has 8 nitrogen and oxygen atoms in total. The van der Waals surface area contributed by atoms with Crippen LogP contribution in [0.15, 0.2) is 22.9 Å². The van der Waals surface area contributed by atoms with Crippen LogP contribution in [0.2, 0.25) is 0 Å². The molecule has 3 aromatic heterocycles. The average molecular weight is 499 g/mol. The third kappa shape index (κ3) is 3.89. The van der Waals surface area contributed by atoms with E-state index < -0.39 is 0 Å². The quantitative estimate of drug-likeness (QED) is 0.344. The number of benzene rings is 1. The summed E-state index contributed by atoms with van der Waals surface area (Å²) in [6.07, 6.45) is 4.31. The summed E-state index contributed by atoms with van der Waals surface area (Å²) in [5, 5.41) is 13.9. The number of aryl methyl sites for hydroxylation is 1. The smallest absolute Gasteiger partial charge is 0.180 e. The summed E-state index contributed by atoms with van der Waals surface area (Å²) < 4.78 is 23.5. The number of rotatable bonds is 8. The molecule has 5 heterocycles. The van der Waals surface area contributed by atoms with Gasteiger partial charge >= 0.3 is 0 Å². The maximum absolute atomic E-state index is 5.97. The van der Waals surface area contributed by atoms with Gasteiger partial charge in [-0.15, -0.1) is 22.7 Å². The van der Waals surface area contributed by atoms with Crippen molar-refractivity contribution < 1.29 is 18.9 Å². The number of ether oxygens (including phenoxy) is 4. The fourth-order valence-electron chi connectivity index (χ4n) is 4.35. The maximum Gasteiger partial charge on any atom is 0.180 e. The molecule has 0 radical (unpaired) electrons. The summed E-state index contributed by atoms with van der Waals surface area (Å²) in [4.78, 5) is 3.87. The molecular weight excluding hydrogens is 472 g/mol. The molecule has 6 rings (SSSR count). The molecule has 0 atom stereocenters. The van der Waals surface area contributed by atoms with E-state index in [2.05, 4.69) is 12.1 Å². The van der Waals surface area contributed by atoms with Gasteiger partial charge in [0.1, 0.15) is 37.5 Å².